The molecule has 5 heteroatoms. The van der Waals surface area contributed by atoms with Gasteiger partial charge in [-0.2, -0.15) is 0 Å². The Bertz CT molecular complexity index is 605. The molecule has 0 spiro atoms. The summed E-state index contributed by atoms with van der Waals surface area (Å²) in [4.78, 5) is 21.3. The van der Waals surface area contributed by atoms with E-state index in [1.165, 1.54) is 0 Å². The Morgan fingerprint density at radius 2 is 1.96 bits per heavy atom. The zero-order valence-electron chi connectivity index (χ0n) is 15.3. The molecular weight excluding hydrogens is 302 g/mol. The maximum atomic E-state index is 12.2. The fourth-order valence-electron chi connectivity index (χ4n) is 3.71. The first-order valence-corrected chi connectivity index (χ1v) is 8.99. The highest BCUT2D eigenvalue weighted by atomic mass is 16.5. The Balaban J connectivity index is 1.56. The fourth-order valence-corrected chi connectivity index (χ4v) is 3.71. The van der Waals surface area contributed by atoms with Crippen LogP contribution in [0.25, 0.3) is 0 Å². The van der Waals surface area contributed by atoms with E-state index in [0.717, 1.165) is 67.9 Å². The van der Waals surface area contributed by atoms with Gasteiger partial charge in [0, 0.05) is 56.0 Å². The number of likely N-dealkylation sites (tertiary alicyclic amines) is 1. The molecule has 1 aromatic heterocycles. The third kappa shape index (κ3) is 3.56. The third-order valence-corrected chi connectivity index (χ3v) is 5.50. The lowest BCUT2D eigenvalue weighted by atomic mass is 10.0. The molecule has 1 saturated heterocycles. The van der Waals surface area contributed by atoms with Crippen LogP contribution < -0.4 is 4.74 Å². The monoisotopic (exact) mass is 331 g/mol. The summed E-state index contributed by atoms with van der Waals surface area (Å²) >= 11 is 0. The predicted octanol–water partition coefficient (Wildman–Crippen LogP) is 2.54. The third-order valence-electron chi connectivity index (χ3n) is 5.50. The second-order valence-electron chi connectivity index (χ2n) is 7.28. The summed E-state index contributed by atoms with van der Waals surface area (Å²) in [7, 11) is 3.70. The standard InChI is InChI=1S/C19H29N3O2/c1-13-11-20-17(14(2)18(13)24-4)12-22-9-7-16(8-10-22)21(3)19(23)15-5-6-15/h11,15-16H,5-10,12H2,1-4H3. The number of amides is 1. The van der Waals surface area contributed by atoms with E-state index in [4.69, 9.17) is 4.74 Å². The Morgan fingerprint density at radius 1 is 1.29 bits per heavy atom. The second-order valence-corrected chi connectivity index (χ2v) is 7.28. The number of hydrogen-bond donors (Lipinski definition) is 0. The number of piperidine rings is 1. The topological polar surface area (TPSA) is 45.7 Å². The smallest absolute Gasteiger partial charge is 0.225 e. The first-order chi connectivity index (χ1) is 11.5. The van der Waals surface area contributed by atoms with Crippen LogP contribution in [0.15, 0.2) is 6.20 Å². The van der Waals surface area contributed by atoms with Crippen LogP contribution in [0, 0.1) is 19.8 Å². The highest BCUT2D eigenvalue weighted by Gasteiger charge is 2.35. The van der Waals surface area contributed by atoms with Crippen LogP contribution in [0.2, 0.25) is 0 Å². The summed E-state index contributed by atoms with van der Waals surface area (Å²) in [5.41, 5.74) is 3.32. The van der Waals surface area contributed by atoms with E-state index in [-0.39, 0.29) is 0 Å². The molecule has 5 nitrogen and oxygen atoms in total. The molecule has 0 radical (unpaired) electrons. The fraction of sp³-hybridized carbons (Fsp3) is 0.684. The molecular formula is C19H29N3O2. The van der Waals surface area contributed by atoms with E-state index >= 15 is 0 Å². The average molecular weight is 331 g/mol. The van der Waals surface area contributed by atoms with Crippen molar-refractivity contribution in [2.45, 2.75) is 52.1 Å². The number of rotatable bonds is 5. The van der Waals surface area contributed by atoms with E-state index in [9.17, 15) is 4.79 Å². The van der Waals surface area contributed by atoms with Gasteiger partial charge in [0.05, 0.1) is 12.8 Å². The number of ether oxygens (including phenoxy) is 1. The van der Waals surface area contributed by atoms with E-state index < -0.39 is 0 Å². The quantitative estimate of drug-likeness (QED) is 0.832. The van der Waals surface area contributed by atoms with Crippen LogP contribution in [0.5, 0.6) is 5.75 Å². The lowest BCUT2D eigenvalue weighted by Gasteiger charge is -2.37. The van der Waals surface area contributed by atoms with Crippen molar-refractivity contribution in [1.29, 1.82) is 0 Å². The van der Waals surface area contributed by atoms with Crippen molar-refractivity contribution in [1.82, 2.24) is 14.8 Å². The summed E-state index contributed by atoms with van der Waals surface area (Å²) < 4.78 is 5.51. The Morgan fingerprint density at radius 3 is 2.54 bits per heavy atom. The van der Waals surface area contributed by atoms with Gasteiger partial charge in [0.25, 0.3) is 0 Å². The minimum absolute atomic E-state index is 0.319. The van der Waals surface area contributed by atoms with Crippen LogP contribution in [-0.4, -0.2) is 54.0 Å². The van der Waals surface area contributed by atoms with Crippen molar-refractivity contribution in [3.05, 3.63) is 23.0 Å². The SMILES string of the molecule is COc1c(C)cnc(CN2CCC(N(C)C(=O)C3CC3)CC2)c1C. The zero-order valence-corrected chi connectivity index (χ0v) is 15.3. The Kier molecular flexibility index (Phi) is 5.09. The van der Waals surface area contributed by atoms with Crippen molar-refractivity contribution < 1.29 is 9.53 Å². The molecule has 3 rings (SSSR count). The van der Waals surface area contributed by atoms with Gasteiger partial charge in [-0.25, -0.2) is 0 Å². The maximum Gasteiger partial charge on any atom is 0.225 e. The van der Waals surface area contributed by atoms with Crippen LogP contribution in [0.1, 0.15) is 42.5 Å². The van der Waals surface area contributed by atoms with Gasteiger partial charge in [-0.05, 0) is 39.5 Å². The molecule has 0 unspecified atom stereocenters. The highest BCUT2D eigenvalue weighted by molar-refractivity contribution is 5.81. The first-order valence-electron chi connectivity index (χ1n) is 8.99. The molecule has 2 fully saturated rings. The lowest BCUT2D eigenvalue weighted by Crippen LogP contribution is -2.45. The Hall–Kier alpha value is -1.62. The van der Waals surface area contributed by atoms with E-state index in [1.807, 2.05) is 25.1 Å². The molecule has 1 aliphatic heterocycles. The molecule has 1 saturated carbocycles. The number of carbonyl (C=O) groups is 1. The Labute approximate surface area is 145 Å². The van der Waals surface area contributed by atoms with Gasteiger partial charge < -0.3 is 9.64 Å². The number of nitrogens with zero attached hydrogens (tertiary/aromatic N) is 3. The number of aryl methyl sites for hydroxylation is 1. The van der Waals surface area contributed by atoms with Crippen molar-refractivity contribution in [3.63, 3.8) is 0 Å². The number of aromatic nitrogens is 1. The van der Waals surface area contributed by atoms with Crippen molar-refractivity contribution in [2.75, 3.05) is 27.2 Å². The molecule has 1 aliphatic carbocycles. The zero-order chi connectivity index (χ0) is 17.3. The van der Waals surface area contributed by atoms with Crippen LogP contribution >= 0.6 is 0 Å². The molecule has 132 valence electrons. The second kappa shape index (κ2) is 7.09. The number of carbonyl (C=O) groups excluding carboxylic acids is 1. The van der Waals surface area contributed by atoms with Crippen molar-refractivity contribution in [3.8, 4) is 5.75 Å². The molecule has 0 N–H and O–H groups in total. The van der Waals surface area contributed by atoms with Gasteiger partial charge >= 0.3 is 0 Å². The number of pyridine rings is 1. The van der Waals surface area contributed by atoms with E-state index in [0.29, 0.717) is 17.9 Å². The van der Waals surface area contributed by atoms with Crippen molar-refractivity contribution >= 4 is 5.91 Å². The largest absolute Gasteiger partial charge is 0.496 e. The van der Waals surface area contributed by atoms with Gasteiger partial charge in [-0.1, -0.05) is 0 Å². The number of methoxy groups -OCH3 is 1. The lowest BCUT2D eigenvalue weighted by molar-refractivity contribution is -0.134. The molecule has 0 atom stereocenters. The highest BCUT2D eigenvalue weighted by Crippen LogP contribution is 2.32. The summed E-state index contributed by atoms with van der Waals surface area (Å²) in [6.07, 6.45) is 6.18. The van der Waals surface area contributed by atoms with E-state index in [2.05, 4.69) is 16.8 Å². The van der Waals surface area contributed by atoms with Gasteiger partial charge in [0.1, 0.15) is 5.75 Å². The van der Waals surface area contributed by atoms with Gasteiger partial charge in [0.15, 0.2) is 0 Å². The number of hydrogen-bond acceptors (Lipinski definition) is 4. The van der Waals surface area contributed by atoms with Gasteiger partial charge in [0.2, 0.25) is 5.91 Å². The minimum atomic E-state index is 0.319. The predicted molar refractivity (Wildman–Crippen MR) is 94.1 cm³/mol. The van der Waals surface area contributed by atoms with Crippen LogP contribution in [0.4, 0.5) is 0 Å². The molecule has 2 heterocycles. The van der Waals surface area contributed by atoms with Crippen LogP contribution in [-0.2, 0) is 11.3 Å². The summed E-state index contributed by atoms with van der Waals surface area (Å²) in [5.74, 6) is 1.62. The summed E-state index contributed by atoms with van der Waals surface area (Å²) in [6, 6.07) is 0.399. The maximum absolute atomic E-state index is 12.2. The molecule has 0 aromatic carbocycles. The molecule has 24 heavy (non-hydrogen) atoms. The van der Waals surface area contributed by atoms with E-state index in [1.54, 1.807) is 7.11 Å². The normalized spacial score (nSPS) is 19.3. The molecule has 2 aliphatic rings. The first kappa shape index (κ1) is 17.2. The van der Waals surface area contributed by atoms with Gasteiger partial charge in [-0.3, -0.25) is 14.7 Å². The van der Waals surface area contributed by atoms with Gasteiger partial charge in [-0.15, -0.1) is 0 Å². The van der Waals surface area contributed by atoms with Crippen LogP contribution in [0.3, 0.4) is 0 Å². The average Bonchev–Trinajstić information content (AvgIpc) is 3.42. The molecule has 1 aromatic rings. The molecule has 1 amide bonds. The summed E-state index contributed by atoms with van der Waals surface area (Å²) in [6.45, 7) is 7.01. The molecule has 0 bridgehead atoms. The minimum Gasteiger partial charge on any atom is -0.496 e. The van der Waals surface area contributed by atoms with Crippen molar-refractivity contribution in [2.24, 2.45) is 5.92 Å². The summed E-state index contributed by atoms with van der Waals surface area (Å²) in [5, 5.41) is 0.